The third-order valence-electron chi connectivity index (χ3n) is 4.96. The molecule has 0 aliphatic carbocycles. The van der Waals surface area contributed by atoms with E-state index in [1.807, 2.05) is 48.2 Å². The number of anilines is 1. The quantitative estimate of drug-likeness (QED) is 0.453. The minimum absolute atomic E-state index is 0.224. The largest absolute Gasteiger partial charge is 0.494 e. The van der Waals surface area contributed by atoms with Crippen LogP contribution < -0.4 is 9.64 Å². The van der Waals surface area contributed by atoms with Gasteiger partial charge in [-0.25, -0.2) is 4.98 Å². The molecule has 5 nitrogen and oxygen atoms in total. The van der Waals surface area contributed by atoms with Crippen LogP contribution in [0.3, 0.4) is 0 Å². The summed E-state index contributed by atoms with van der Waals surface area (Å²) in [6, 6.07) is 13.8. The molecule has 1 aromatic heterocycles. The molecule has 0 atom stereocenters. The standard InChI is InChI=1S/C22H24ClN3O2S2/c1-2-28-17-5-8-19-20(15-17)30-22(24-19)26-12-10-25(11-13-26)21(27)9-14-29-18-6-3-16(23)4-7-18/h3-8,15H,2,9-14H2,1H3. The van der Waals surface area contributed by atoms with E-state index >= 15 is 0 Å². The Bertz CT molecular complexity index is 1000. The fraction of sp³-hybridized carbons (Fsp3) is 0.364. The number of benzene rings is 2. The molecule has 0 unspecified atom stereocenters. The number of hydrogen-bond acceptors (Lipinski definition) is 6. The molecule has 3 aromatic rings. The van der Waals surface area contributed by atoms with Crippen LogP contribution in [0.5, 0.6) is 5.75 Å². The zero-order valence-corrected chi connectivity index (χ0v) is 19.2. The number of carbonyl (C=O) groups excluding carboxylic acids is 1. The summed E-state index contributed by atoms with van der Waals surface area (Å²) < 4.78 is 6.72. The normalized spacial score (nSPS) is 14.3. The molecule has 4 rings (SSSR count). The first kappa shape index (κ1) is 21.3. The summed E-state index contributed by atoms with van der Waals surface area (Å²) >= 11 is 9.29. The lowest BCUT2D eigenvalue weighted by Gasteiger charge is -2.34. The number of piperazine rings is 1. The molecule has 2 aromatic carbocycles. The van der Waals surface area contributed by atoms with Gasteiger partial charge in [0.2, 0.25) is 5.91 Å². The number of fused-ring (bicyclic) bond motifs is 1. The highest BCUT2D eigenvalue weighted by molar-refractivity contribution is 7.99. The Morgan fingerprint density at radius 2 is 1.93 bits per heavy atom. The second-order valence-electron chi connectivity index (χ2n) is 6.98. The van der Waals surface area contributed by atoms with Gasteiger partial charge in [-0.2, -0.15) is 0 Å². The van der Waals surface area contributed by atoms with Gasteiger partial charge in [-0.3, -0.25) is 4.79 Å². The first-order valence-electron chi connectivity index (χ1n) is 10.1. The van der Waals surface area contributed by atoms with Crippen LogP contribution in [0.1, 0.15) is 13.3 Å². The van der Waals surface area contributed by atoms with Gasteiger partial charge in [0, 0.05) is 48.3 Å². The molecule has 158 valence electrons. The van der Waals surface area contributed by atoms with Crippen molar-refractivity contribution >= 4 is 56.0 Å². The number of thioether (sulfide) groups is 1. The van der Waals surface area contributed by atoms with Crippen molar-refractivity contribution in [3.05, 3.63) is 47.5 Å². The van der Waals surface area contributed by atoms with E-state index in [0.717, 1.165) is 62.9 Å². The van der Waals surface area contributed by atoms with Gasteiger partial charge in [0.1, 0.15) is 5.75 Å². The van der Waals surface area contributed by atoms with Gasteiger partial charge in [-0.1, -0.05) is 22.9 Å². The number of halogens is 1. The first-order valence-corrected chi connectivity index (χ1v) is 12.2. The van der Waals surface area contributed by atoms with Crippen LogP contribution >= 0.6 is 34.7 Å². The first-order chi connectivity index (χ1) is 14.6. The van der Waals surface area contributed by atoms with Crippen molar-refractivity contribution in [1.82, 2.24) is 9.88 Å². The molecule has 1 aliphatic heterocycles. The number of carbonyl (C=O) groups is 1. The van der Waals surface area contributed by atoms with E-state index in [0.29, 0.717) is 13.0 Å². The van der Waals surface area contributed by atoms with Gasteiger partial charge in [0.25, 0.3) is 0 Å². The van der Waals surface area contributed by atoms with Crippen LogP contribution in [0.15, 0.2) is 47.4 Å². The van der Waals surface area contributed by atoms with E-state index in [1.165, 1.54) is 0 Å². The van der Waals surface area contributed by atoms with Crippen LogP contribution in [0.2, 0.25) is 5.02 Å². The summed E-state index contributed by atoms with van der Waals surface area (Å²) in [7, 11) is 0. The molecule has 8 heteroatoms. The molecule has 0 saturated carbocycles. The average molecular weight is 462 g/mol. The number of ether oxygens (including phenoxy) is 1. The van der Waals surface area contributed by atoms with Gasteiger partial charge in [0.05, 0.1) is 16.8 Å². The van der Waals surface area contributed by atoms with Crippen LogP contribution in [0.25, 0.3) is 10.2 Å². The third-order valence-corrected chi connectivity index (χ3v) is 7.31. The zero-order valence-electron chi connectivity index (χ0n) is 16.8. The van der Waals surface area contributed by atoms with Crippen molar-refractivity contribution in [3.8, 4) is 5.75 Å². The number of nitrogens with zero attached hydrogens (tertiary/aromatic N) is 3. The van der Waals surface area contributed by atoms with Crippen molar-refractivity contribution in [1.29, 1.82) is 0 Å². The molecule has 2 heterocycles. The minimum atomic E-state index is 0.224. The van der Waals surface area contributed by atoms with E-state index in [9.17, 15) is 4.79 Å². The van der Waals surface area contributed by atoms with Gasteiger partial charge < -0.3 is 14.5 Å². The van der Waals surface area contributed by atoms with E-state index < -0.39 is 0 Å². The summed E-state index contributed by atoms with van der Waals surface area (Å²) in [5, 5.41) is 1.75. The monoisotopic (exact) mass is 461 g/mol. The van der Waals surface area contributed by atoms with Crippen molar-refractivity contribution in [2.45, 2.75) is 18.2 Å². The smallest absolute Gasteiger partial charge is 0.223 e. The van der Waals surface area contributed by atoms with Crippen LogP contribution in [-0.4, -0.2) is 54.3 Å². The maximum Gasteiger partial charge on any atom is 0.223 e. The Morgan fingerprint density at radius 1 is 1.17 bits per heavy atom. The maximum absolute atomic E-state index is 12.6. The van der Waals surface area contributed by atoms with Crippen LogP contribution in [0.4, 0.5) is 5.13 Å². The van der Waals surface area contributed by atoms with E-state index in [2.05, 4.69) is 11.0 Å². The molecule has 1 aliphatic rings. The van der Waals surface area contributed by atoms with Crippen molar-refractivity contribution in [2.24, 2.45) is 0 Å². The molecule has 0 N–H and O–H groups in total. The Balaban J connectivity index is 1.27. The molecule has 0 bridgehead atoms. The van der Waals surface area contributed by atoms with Crippen molar-refractivity contribution < 1.29 is 9.53 Å². The van der Waals surface area contributed by atoms with Crippen molar-refractivity contribution in [3.63, 3.8) is 0 Å². The Morgan fingerprint density at radius 3 is 2.67 bits per heavy atom. The number of hydrogen-bond donors (Lipinski definition) is 0. The lowest BCUT2D eigenvalue weighted by atomic mass is 10.3. The summed E-state index contributed by atoms with van der Waals surface area (Å²) in [6.07, 6.45) is 0.550. The van der Waals surface area contributed by atoms with Gasteiger partial charge in [-0.15, -0.1) is 11.8 Å². The Labute approximate surface area is 190 Å². The Hall–Kier alpha value is -1.96. The van der Waals surface area contributed by atoms with E-state index in [1.54, 1.807) is 23.1 Å². The lowest BCUT2D eigenvalue weighted by molar-refractivity contribution is -0.131. The summed E-state index contributed by atoms with van der Waals surface area (Å²) in [5.41, 5.74) is 0.996. The van der Waals surface area contributed by atoms with Gasteiger partial charge >= 0.3 is 0 Å². The topological polar surface area (TPSA) is 45.7 Å². The summed E-state index contributed by atoms with van der Waals surface area (Å²) in [6.45, 7) is 5.75. The molecular formula is C22H24ClN3O2S2. The molecule has 1 saturated heterocycles. The molecule has 1 fully saturated rings. The summed E-state index contributed by atoms with van der Waals surface area (Å²) in [4.78, 5) is 22.7. The predicted octanol–water partition coefficient (Wildman–Crippen LogP) is 5.18. The molecule has 0 spiro atoms. The fourth-order valence-corrected chi connectivity index (χ4v) is 5.39. The van der Waals surface area contributed by atoms with E-state index in [-0.39, 0.29) is 5.91 Å². The SMILES string of the molecule is CCOc1ccc2nc(N3CCN(C(=O)CCSc4ccc(Cl)cc4)CC3)sc2c1. The van der Waals surface area contributed by atoms with Crippen LogP contribution in [0, 0.1) is 0 Å². The lowest BCUT2D eigenvalue weighted by Crippen LogP contribution is -2.48. The van der Waals surface area contributed by atoms with Gasteiger partial charge in [-0.05, 0) is 49.4 Å². The number of thiazole rings is 1. The fourth-order valence-electron chi connectivity index (χ4n) is 3.38. The predicted molar refractivity (Wildman–Crippen MR) is 126 cm³/mol. The van der Waals surface area contributed by atoms with Crippen LogP contribution in [-0.2, 0) is 4.79 Å². The van der Waals surface area contributed by atoms with E-state index in [4.69, 9.17) is 21.3 Å². The average Bonchev–Trinajstić information content (AvgIpc) is 3.19. The zero-order chi connectivity index (χ0) is 20.9. The minimum Gasteiger partial charge on any atom is -0.494 e. The highest BCUT2D eigenvalue weighted by Gasteiger charge is 2.23. The maximum atomic E-state index is 12.6. The van der Waals surface area contributed by atoms with Crippen molar-refractivity contribution in [2.75, 3.05) is 43.4 Å². The molecule has 30 heavy (non-hydrogen) atoms. The molecule has 0 radical (unpaired) electrons. The molecule has 1 amide bonds. The summed E-state index contributed by atoms with van der Waals surface area (Å²) in [5.74, 6) is 1.88. The third kappa shape index (κ3) is 5.20. The number of amides is 1. The Kier molecular flexibility index (Phi) is 7.02. The number of aromatic nitrogens is 1. The molecular weight excluding hydrogens is 438 g/mol. The highest BCUT2D eigenvalue weighted by Crippen LogP contribution is 2.32. The van der Waals surface area contributed by atoms with Gasteiger partial charge in [0.15, 0.2) is 5.13 Å². The highest BCUT2D eigenvalue weighted by atomic mass is 35.5. The number of rotatable bonds is 7. The second-order valence-corrected chi connectivity index (χ2v) is 9.59. The second kappa shape index (κ2) is 9.90.